The third-order valence-electron chi connectivity index (χ3n) is 4.07. The van der Waals surface area contributed by atoms with Crippen LogP contribution in [-0.2, 0) is 9.53 Å². The van der Waals surface area contributed by atoms with Crippen LogP contribution in [0.2, 0.25) is 0 Å². The van der Waals surface area contributed by atoms with Gasteiger partial charge in [-0.2, -0.15) is 0 Å². The summed E-state index contributed by atoms with van der Waals surface area (Å²) < 4.78 is 4.95. The molecule has 0 aromatic heterocycles. The molecule has 0 radical (unpaired) electrons. The first-order chi connectivity index (χ1) is 11.6. The molecule has 1 aromatic rings. The molecule has 0 unspecified atom stereocenters. The van der Waals surface area contributed by atoms with Gasteiger partial charge in [-0.15, -0.1) is 0 Å². The van der Waals surface area contributed by atoms with Gasteiger partial charge in [0, 0.05) is 24.7 Å². The molecule has 1 aromatic carbocycles. The topological polar surface area (TPSA) is 79.0 Å². The molecule has 1 aliphatic heterocycles. The highest BCUT2D eigenvalue weighted by Crippen LogP contribution is 2.32. The van der Waals surface area contributed by atoms with Gasteiger partial charge in [0.05, 0.1) is 12.2 Å². The van der Waals surface area contributed by atoms with E-state index in [1.54, 1.807) is 36.2 Å². The Labute approximate surface area is 140 Å². The second-order valence-electron chi connectivity index (χ2n) is 5.94. The maximum atomic E-state index is 12.5. The van der Waals surface area contributed by atoms with Crippen molar-refractivity contribution in [1.29, 1.82) is 0 Å². The lowest BCUT2D eigenvalue weighted by Gasteiger charge is -2.28. The van der Waals surface area contributed by atoms with Gasteiger partial charge in [-0.1, -0.05) is 6.07 Å². The molecule has 1 aliphatic carbocycles. The van der Waals surface area contributed by atoms with Gasteiger partial charge in [-0.05, 0) is 44.4 Å². The molecule has 1 saturated carbocycles. The predicted molar refractivity (Wildman–Crippen MR) is 87.2 cm³/mol. The van der Waals surface area contributed by atoms with Crippen molar-refractivity contribution in [3.05, 3.63) is 29.8 Å². The van der Waals surface area contributed by atoms with Gasteiger partial charge in [0.15, 0.2) is 0 Å². The molecule has 1 heterocycles. The van der Waals surface area contributed by atoms with Gasteiger partial charge in [0.25, 0.3) is 0 Å². The van der Waals surface area contributed by atoms with Gasteiger partial charge in [-0.3, -0.25) is 4.79 Å². The standard InChI is InChI=1S/C17H21N3O4/c1-2-24-16(22)13-5-3-6-14(11-13)18-17(23)20-10-4-9-19(20)15(21)12-7-8-12/h3,5-6,11-12H,2,4,7-10H2,1H3,(H,18,23). The number of anilines is 1. The SMILES string of the molecule is CCOC(=O)c1cccc(NC(=O)N2CCCN2C(=O)C2CC2)c1. The third kappa shape index (κ3) is 3.50. The molecule has 7 nitrogen and oxygen atoms in total. The summed E-state index contributed by atoms with van der Waals surface area (Å²) in [6, 6.07) is 6.22. The van der Waals surface area contributed by atoms with Crippen molar-refractivity contribution < 1.29 is 19.1 Å². The lowest BCUT2D eigenvalue weighted by atomic mass is 10.2. The minimum Gasteiger partial charge on any atom is -0.462 e. The lowest BCUT2D eigenvalue weighted by Crippen LogP contribution is -2.47. The Morgan fingerprint density at radius 3 is 2.67 bits per heavy atom. The van der Waals surface area contributed by atoms with Gasteiger partial charge in [0.1, 0.15) is 0 Å². The zero-order valence-electron chi connectivity index (χ0n) is 13.7. The highest BCUT2D eigenvalue weighted by Gasteiger charge is 2.39. The quantitative estimate of drug-likeness (QED) is 0.858. The summed E-state index contributed by atoms with van der Waals surface area (Å²) in [6.07, 6.45) is 2.59. The maximum absolute atomic E-state index is 12.5. The van der Waals surface area contributed by atoms with Crippen molar-refractivity contribution in [2.75, 3.05) is 25.0 Å². The molecule has 0 bridgehead atoms. The summed E-state index contributed by atoms with van der Waals surface area (Å²) in [5.41, 5.74) is 0.873. The highest BCUT2D eigenvalue weighted by atomic mass is 16.5. The Kier molecular flexibility index (Phi) is 4.69. The fourth-order valence-electron chi connectivity index (χ4n) is 2.72. The van der Waals surface area contributed by atoms with Gasteiger partial charge < -0.3 is 10.1 Å². The van der Waals surface area contributed by atoms with E-state index >= 15 is 0 Å². The first-order valence-electron chi connectivity index (χ1n) is 8.27. The molecule has 7 heteroatoms. The number of carbonyl (C=O) groups is 3. The van der Waals surface area contributed by atoms with Crippen LogP contribution in [0.15, 0.2) is 24.3 Å². The molecular formula is C17H21N3O4. The van der Waals surface area contributed by atoms with Gasteiger partial charge in [0.2, 0.25) is 5.91 Å². The van der Waals surface area contributed by atoms with E-state index in [1.807, 2.05) is 0 Å². The Hall–Kier alpha value is -2.57. The second kappa shape index (κ2) is 6.90. The Morgan fingerprint density at radius 2 is 1.96 bits per heavy atom. The van der Waals surface area contributed by atoms with Crippen LogP contribution in [0.5, 0.6) is 0 Å². The van der Waals surface area contributed by atoms with Gasteiger partial charge >= 0.3 is 12.0 Å². The van der Waals surface area contributed by atoms with Crippen LogP contribution in [0.25, 0.3) is 0 Å². The maximum Gasteiger partial charge on any atom is 0.340 e. The number of carbonyl (C=O) groups excluding carboxylic acids is 3. The normalized spacial score (nSPS) is 16.9. The fourth-order valence-corrected chi connectivity index (χ4v) is 2.72. The number of rotatable bonds is 4. The molecule has 1 N–H and O–H groups in total. The number of nitrogens with zero attached hydrogens (tertiary/aromatic N) is 2. The molecule has 2 aliphatic rings. The molecule has 2 fully saturated rings. The molecule has 3 amide bonds. The molecule has 0 atom stereocenters. The predicted octanol–water partition coefficient (Wildman–Crippen LogP) is 2.25. The average Bonchev–Trinajstić information content (AvgIpc) is 3.31. The van der Waals surface area contributed by atoms with E-state index in [0.717, 1.165) is 19.3 Å². The van der Waals surface area contributed by atoms with Crippen molar-refractivity contribution >= 4 is 23.6 Å². The van der Waals surface area contributed by atoms with Crippen LogP contribution >= 0.6 is 0 Å². The van der Waals surface area contributed by atoms with E-state index in [4.69, 9.17) is 4.74 Å². The van der Waals surface area contributed by atoms with Crippen molar-refractivity contribution in [3.8, 4) is 0 Å². The molecular weight excluding hydrogens is 310 g/mol. The van der Waals surface area contributed by atoms with Gasteiger partial charge in [-0.25, -0.2) is 19.6 Å². The summed E-state index contributed by atoms with van der Waals surface area (Å²) >= 11 is 0. The van der Waals surface area contributed by atoms with E-state index < -0.39 is 5.97 Å². The summed E-state index contributed by atoms with van der Waals surface area (Å²) in [5.74, 6) is -0.325. The molecule has 128 valence electrons. The number of nitrogens with one attached hydrogen (secondary N) is 1. The number of benzene rings is 1. The van der Waals surface area contributed by atoms with E-state index in [-0.39, 0.29) is 17.9 Å². The summed E-state index contributed by atoms with van der Waals surface area (Å²) in [6.45, 7) is 3.12. The fraction of sp³-hybridized carbons (Fsp3) is 0.471. The molecule has 3 rings (SSSR count). The summed E-state index contributed by atoms with van der Waals surface area (Å²) in [4.78, 5) is 36.5. The number of ether oxygens (including phenoxy) is 1. The minimum absolute atomic E-state index is 0.0305. The van der Waals surface area contributed by atoms with Crippen molar-refractivity contribution in [2.45, 2.75) is 26.2 Å². The average molecular weight is 331 g/mol. The highest BCUT2D eigenvalue weighted by molar-refractivity contribution is 5.95. The number of urea groups is 1. The number of hydrogen-bond acceptors (Lipinski definition) is 4. The lowest BCUT2D eigenvalue weighted by molar-refractivity contribution is -0.141. The van der Waals surface area contributed by atoms with Crippen LogP contribution in [0, 0.1) is 5.92 Å². The monoisotopic (exact) mass is 331 g/mol. The van der Waals surface area contributed by atoms with Crippen LogP contribution in [0.4, 0.5) is 10.5 Å². The zero-order valence-corrected chi connectivity index (χ0v) is 13.7. The number of esters is 1. The number of hydrazine groups is 1. The number of amides is 3. The second-order valence-corrected chi connectivity index (χ2v) is 5.94. The first kappa shape index (κ1) is 16.3. The van der Waals surface area contributed by atoms with Crippen molar-refractivity contribution in [2.24, 2.45) is 5.92 Å². The smallest absolute Gasteiger partial charge is 0.340 e. The van der Waals surface area contributed by atoms with E-state index in [2.05, 4.69) is 5.32 Å². The van der Waals surface area contributed by atoms with Crippen LogP contribution in [0.1, 0.15) is 36.5 Å². The van der Waals surface area contributed by atoms with Crippen LogP contribution in [0.3, 0.4) is 0 Å². The van der Waals surface area contributed by atoms with Crippen molar-refractivity contribution in [3.63, 3.8) is 0 Å². The Morgan fingerprint density at radius 1 is 1.21 bits per heavy atom. The number of hydrogen-bond donors (Lipinski definition) is 1. The first-order valence-corrected chi connectivity index (χ1v) is 8.27. The van der Waals surface area contributed by atoms with Crippen LogP contribution < -0.4 is 5.32 Å². The summed E-state index contributed by atoms with van der Waals surface area (Å²) in [7, 11) is 0. The van der Waals surface area contributed by atoms with E-state index in [0.29, 0.717) is 30.9 Å². The summed E-state index contributed by atoms with van der Waals surface area (Å²) in [5, 5.41) is 5.75. The van der Waals surface area contributed by atoms with Crippen molar-refractivity contribution in [1.82, 2.24) is 10.0 Å². The molecule has 24 heavy (non-hydrogen) atoms. The molecule has 0 spiro atoms. The Balaban J connectivity index is 1.66. The third-order valence-corrected chi connectivity index (χ3v) is 4.07. The molecule has 1 saturated heterocycles. The minimum atomic E-state index is -0.430. The van der Waals surface area contributed by atoms with E-state index in [1.165, 1.54) is 5.01 Å². The zero-order chi connectivity index (χ0) is 17.1. The Bertz CT molecular complexity index is 657. The van der Waals surface area contributed by atoms with Crippen LogP contribution in [-0.4, -0.2) is 47.6 Å². The largest absolute Gasteiger partial charge is 0.462 e. The van der Waals surface area contributed by atoms with E-state index in [9.17, 15) is 14.4 Å².